The molecule has 0 unspecified atom stereocenters. The van der Waals surface area contributed by atoms with Crippen molar-refractivity contribution in [3.8, 4) is 0 Å². The molecule has 0 radical (unpaired) electrons. The minimum atomic E-state index is -0.873. The van der Waals surface area contributed by atoms with E-state index in [1.807, 2.05) is 24.3 Å². The topological polar surface area (TPSA) is 57.6 Å². The summed E-state index contributed by atoms with van der Waals surface area (Å²) < 4.78 is 0.954. The van der Waals surface area contributed by atoms with Gasteiger partial charge >= 0.3 is 5.97 Å². The van der Waals surface area contributed by atoms with Gasteiger partial charge in [-0.2, -0.15) is 0 Å². The van der Waals surface area contributed by atoms with Crippen molar-refractivity contribution in [1.82, 2.24) is 4.90 Å². The summed E-state index contributed by atoms with van der Waals surface area (Å²) >= 11 is 3.43. The lowest BCUT2D eigenvalue weighted by atomic mass is 10.2. The van der Waals surface area contributed by atoms with Crippen LogP contribution in [0.2, 0.25) is 0 Å². The van der Waals surface area contributed by atoms with Gasteiger partial charge in [-0.3, -0.25) is 9.59 Å². The van der Waals surface area contributed by atoms with Crippen molar-refractivity contribution in [1.29, 1.82) is 0 Å². The van der Waals surface area contributed by atoms with Gasteiger partial charge in [0.25, 0.3) is 0 Å². The second-order valence-electron chi connectivity index (χ2n) is 4.57. The Morgan fingerprint density at radius 2 is 2.06 bits per heavy atom. The molecule has 0 bridgehead atoms. The lowest BCUT2D eigenvalue weighted by Gasteiger charge is -2.18. The minimum Gasteiger partial charge on any atom is -0.481 e. The smallest absolute Gasteiger partial charge is 0.307 e. The van der Waals surface area contributed by atoms with Crippen LogP contribution in [0.15, 0.2) is 28.7 Å². The number of halogens is 1. The second-order valence-corrected chi connectivity index (χ2v) is 5.43. The normalized spacial score (nSPS) is 21.4. The molecule has 0 aliphatic heterocycles. The molecule has 96 valence electrons. The van der Waals surface area contributed by atoms with E-state index >= 15 is 0 Å². The average molecular weight is 312 g/mol. The number of hydrogen-bond donors (Lipinski definition) is 1. The van der Waals surface area contributed by atoms with E-state index in [9.17, 15) is 9.59 Å². The van der Waals surface area contributed by atoms with Crippen LogP contribution in [0, 0.1) is 11.8 Å². The summed E-state index contributed by atoms with van der Waals surface area (Å²) in [6.45, 7) is 0.489. The molecule has 1 aliphatic rings. The lowest BCUT2D eigenvalue weighted by molar-refractivity contribution is -0.141. The fraction of sp³-hybridized carbons (Fsp3) is 0.385. The van der Waals surface area contributed by atoms with Crippen molar-refractivity contribution >= 4 is 27.8 Å². The quantitative estimate of drug-likeness (QED) is 0.926. The SMILES string of the molecule is CN(Cc1ccccc1Br)C(=O)[C@H]1C[C@H]1C(=O)O. The van der Waals surface area contributed by atoms with E-state index in [2.05, 4.69) is 15.9 Å². The van der Waals surface area contributed by atoms with Crippen LogP contribution in [-0.2, 0) is 16.1 Å². The van der Waals surface area contributed by atoms with Crippen molar-refractivity contribution < 1.29 is 14.7 Å². The zero-order valence-electron chi connectivity index (χ0n) is 9.97. The van der Waals surface area contributed by atoms with Crippen molar-refractivity contribution in [2.24, 2.45) is 11.8 Å². The van der Waals surface area contributed by atoms with E-state index in [1.54, 1.807) is 11.9 Å². The maximum absolute atomic E-state index is 12.0. The second kappa shape index (κ2) is 5.10. The molecule has 18 heavy (non-hydrogen) atoms. The molecule has 0 aromatic heterocycles. The van der Waals surface area contributed by atoms with Gasteiger partial charge in [-0.1, -0.05) is 34.1 Å². The summed E-state index contributed by atoms with van der Waals surface area (Å²) in [5.74, 6) is -1.78. The molecule has 1 saturated carbocycles. The Kier molecular flexibility index (Phi) is 3.71. The molecule has 0 heterocycles. The Bertz CT molecular complexity index is 489. The number of carboxylic acid groups (broad SMARTS) is 1. The maximum atomic E-state index is 12.0. The van der Waals surface area contributed by atoms with Gasteiger partial charge in [-0.05, 0) is 18.1 Å². The zero-order valence-corrected chi connectivity index (χ0v) is 11.6. The van der Waals surface area contributed by atoms with Crippen LogP contribution in [0.4, 0.5) is 0 Å². The first-order valence-electron chi connectivity index (χ1n) is 5.72. The summed E-state index contributed by atoms with van der Waals surface area (Å²) in [5, 5.41) is 8.81. The third kappa shape index (κ3) is 2.72. The van der Waals surface area contributed by atoms with Crippen molar-refractivity contribution in [3.63, 3.8) is 0 Å². The van der Waals surface area contributed by atoms with Gasteiger partial charge < -0.3 is 10.0 Å². The van der Waals surface area contributed by atoms with Crippen molar-refractivity contribution in [2.75, 3.05) is 7.05 Å². The van der Waals surface area contributed by atoms with Crippen LogP contribution in [0.3, 0.4) is 0 Å². The Labute approximate surface area is 114 Å². The van der Waals surface area contributed by atoms with Crippen molar-refractivity contribution in [2.45, 2.75) is 13.0 Å². The first-order chi connectivity index (χ1) is 8.50. The minimum absolute atomic E-state index is 0.0850. The number of nitrogens with zero attached hydrogens (tertiary/aromatic N) is 1. The molecule has 0 saturated heterocycles. The van der Waals surface area contributed by atoms with E-state index in [1.165, 1.54) is 0 Å². The molecule has 1 aliphatic carbocycles. The van der Waals surface area contributed by atoms with E-state index in [0.29, 0.717) is 13.0 Å². The molecule has 1 aromatic carbocycles. The number of aliphatic carboxylic acids is 1. The highest BCUT2D eigenvalue weighted by atomic mass is 79.9. The predicted octanol–water partition coefficient (Wildman–Crippen LogP) is 2.13. The van der Waals surface area contributed by atoms with Gasteiger partial charge in [-0.25, -0.2) is 0 Å². The van der Waals surface area contributed by atoms with E-state index in [0.717, 1.165) is 10.0 Å². The molecular weight excluding hydrogens is 298 g/mol. The lowest BCUT2D eigenvalue weighted by Crippen LogP contribution is -2.28. The number of carbonyl (C=O) groups excluding carboxylic acids is 1. The van der Waals surface area contributed by atoms with Crippen molar-refractivity contribution in [3.05, 3.63) is 34.3 Å². The summed E-state index contributed by atoms with van der Waals surface area (Å²) in [6.07, 6.45) is 0.467. The Hall–Kier alpha value is -1.36. The van der Waals surface area contributed by atoms with Gasteiger partial charge in [0.2, 0.25) is 5.91 Å². The molecule has 1 aromatic rings. The summed E-state index contributed by atoms with van der Waals surface area (Å²) in [5.41, 5.74) is 1.01. The number of carbonyl (C=O) groups is 2. The molecule has 4 nitrogen and oxygen atoms in total. The summed E-state index contributed by atoms with van der Waals surface area (Å²) in [4.78, 5) is 24.3. The average Bonchev–Trinajstić information content (AvgIpc) is 3.11. The van der Waals surface area contributed by atoms with Crippen LogP contribution in [0.1, 0.15) is 12.0 Å². The number of carboxylic acids is 1. The third-order valence-electron chi connectivity index (χ3n) is 3.17. The van der Waals surface area contributed by atoms with Crippen LogP contribution < -0.4 is 0 Å². The zero-order chi connectivity index (χ0) is 13.3. The fourth-order valence-corrected chi connectivity index (χ4v) is 2.39. The maximum Gasteiger partial charge on any atom is 0.307 e. The molecular formula is C13H14BrNO3. The molecule has 1 amide bonds. The standard InChI is InChI=1S/C13H14BrNO3/c1-15(7-8-4-2-3-5-11(8)14)12(16)9-6-10(9)13(17)18/h2-5,9-10H,6-7H2,1H3,(H,17,18)/t9-,10+/m0/s1. The third-order valence-corrected chi connectivity index (χ3v) is 3.94. The number of benzene rings is 1. The summed E-state index contributed by atoms with van der Waals surface area (Å²) in [6, 6.07) is 7.69. The molecule has 1 fully saturated rings. The van der Waals surface area contributed by atoms with Crippen LogP contribution in [0.25, 0.3) is 0 Å². The Morgan fingerprint density at radius 1 is 1.39 bits per heavy atom. The summed E-state index contributed by atoms with van der Waals surface area (Å²) in [7, 11) is 1.71. The fourth-order valence-electron chi connectivity index (χ4n) is 1.98. The van der Waals surface area contributed by atoms with Gasteiger partial charge in [-0.15, -0.1) is 0 Å². The monoisotopic (exact) mass is 311 g/mol. The first kappa shape index (κ1) is 13.1. The van der Waals surface area contributed by atoms with Gasteiger partial charge in [0.15, 0.2) is 0 Å². The molecule has 2 atom stereocenters. The largest absolute Gasteiger partial charge is 0.481 e. The molecule has 1 N–H and O–H groups in total. The Balaban J connectivity index is 1.97. The molecule has 2 rings (SSSR count). The highest BCUT2D eigenvalue weighted by Gasteiger charge is 2.49. The van der Waals surface area contributed by atoms with Gasteiger partial charge in [0.1, 0.15) is 0 Å². The van der Waals surface area contributed by atoms with Crippen LogP contribution >= 0.6 is 15.9 Å². The number of rotatable bonds is 4. The highest BCUT2D eigenvalue weighted by Crippen LogP contribution is 2.40. The highest BCUT2D eigenvalue weighted by molar-refractivity contribution is 9.10. The van der Waals surface area contributed by atoms with E-state index < -0.39 is 11.9 Å². The molecule has 5 heteroatoms. The van der Waals surface area contributed by atoms with Gasteiger partial charge in [0.05, 0.1) is 11.8 Å². The first-order valence-corrected chi connectivity index (χ1v) is 6.51. The number of hydrogen-bond acceptors (Lipinski definition) is 2. The van der Waals surface area contributed by atoms with E-state index in [-0.39, 0.29) is 11.8 Å². The van der Waals surface area contributed by atoms with Crippen LogP contribution in [-0.4, -0.2) is 28.9 Å². The van der Waals surface area contributed by atoms with Gasteiger partial charge in [0, 0.05) is 18.1 Å². The predicted molar refractivity (Wildman–Crippen MR) is 69.8 cm³/mol. The number of amides is 1. The van der Waals surface area contributed by atoms with Crippen LogP contribution in [0.5, 0.6) is 0 Å². The van der Waals surface area contributed by atoms with E-state index in [4.69, 9.17) is 5.11 Å². The molecule has 0 spiro atoms. The Morgan fingerprint density at radius 3 is 2.61 bits per heavy atom.